The zero-order valence-electron chi connectivity index (χ0n) is 7.96. The SMILES string of the molecule is Cc1cccc2cc([C@@H](C)N)[nH]c12. The summed E-state index contributed by atoms with van der Waals surface area (Å²) in [5.74, 6) is 0. The molecule has 2 aromatic rings. The van der Waals surface area contributed by atoms with Gasteiger partial charge in [-0.15, -0.1) is 0 Å². The van der Waals surface area contributed by atoms with Crippen LogP contribution in [0.15, 0.2) is 24.3 Å². The van der Waals surface area contributed by atoms with E-state index in [9.17, 15) is 0 Å². The maximum atomic E-state index is 5.80. The summed E-state index contributed by atoms with van der Waals surface area (Å²) in [4.78, 5) is 3.34. The molecule has 1 aromatic heterocycles. The highest BCUT2D eigenvalue weighted by atomic mass is 14.8. The Balaban J connectivity index is 2.68. The Bertz CT molecular complexity index is 427. The number of hydrogen-bond acceptors (Lipinski definition) is 1. The molecule has 0 spiro atoms. The fraction of sp³-hybridized carbons (Fsp3) is 0.273. The predicted octanol–water partition coefficient (Wildman–Crippen LogP) is 2.50. The lowest BCUT2D eigenvalue weighted by molar-refractivity contribution is 0.792. The van der Waals surface area contributed by atoms with Gasteiger partial charge in [-0.05, 0) is 30.9 Å². The molecule has 1 aromatic carbocycles. The van der Waals surface area contributed by atoms with E-state index >= 15 is 0 Å². The Labute approximate surface area is 77.8 Å². The highest BCUT2D eigenvalue weighted by Crippen LogP contribution is 2.21. The number of nitrogens with two attached hydrogens (primary N) is 1. The second-order valence-electron chi connectivity index (χ2n) is 3.55. The molecule has 0 saturated heterocycles. The number of fused-ring (bicyclic) bond motifs is 1. The number of benzene rings is 1. The van der Waals surface area contributed by atoms with Gasteiger partial charge in [0.05, 0.1) is 0 Å². The lowest BCUT2D eigenvalue weighted by Crippen LogP contribution is -2.04. The Morgan fingerprint density at radius 2 is 2.15 bits per heavy atom. The first kappa shape index (κ1) is 8.32. The first-order valence-electron chi connectivity index (χ1n) is 4.52. The molecule has 0 bridgehead atoms. The third kappa shape index (κ3) is 1.33. The number of aromatic amines is 1. The first-order chi connectivity index (χ1) is 6.18. The third-order valence-electron chi connectivity index (χ3n) is 2.38. The van der Waals surface area contributed by atoms with E-state index in [1.807, 2.05) is 6.92 Å². The van der Waals surface area contributed by atoms with Crippen molar-refractivity contribution in [2.24, 2.45) is 5.73 Å². The van der Waals surface area contributed by atoms with Crippen molar-refractivity contribution in [2.75, 3.05) is 0 Å². The number of rotatable bonds is 1. The quantitative estimate of drug-likeness (QED) is 0.685. The van der Waals surface area contributed by atoms with E-state index in [1.54, 1.807) is 0 Å². The molecular weight excluding hydrogens is 160 g/mol. The molecule has 2 heteroatoms. The van der Waals surface area contributed by atoms with Gasteiger partial charge in [0.15, 0.2) is 0 Å². The topological polar surface area (TPSA) is 41.8 Å². The molecule has 0 saturated carbocycles. The Morgan fingerprint density at radius 3 is 2.77 bits per heavy atom. The molecule has 3 N–H and O–H groups in total. The minimum Gasteiger partial charge on any atom is -0.357 e. The van der Waals surface area contributed by atoms with Gasteiger partial charge in [-0.1, -0.05) is 18.2 Å². The van der Waals surface area contributed by atoms with Crippen LogP contribution >= 0.6 is 0 Å². The van der Waals surface area contributed by atoms with E-state index in [0.717, 1.165) is 5.69 Å². The lowest BCUT2D eigenvalue weighted by atomic mass is 10.1. The average molecular weight is 174 g/mol. The smallest absolute Gasteiger partial charge is 0.0486 e. The van der Waals surface area contributed by atoms with Crippen molar-refractivity contribution < 1.29 is 0 Å². The summed E-state index contributed by atoms with van der Waals surface area (Å²) in [7, 11) is 0. The predicted molar refractivity (Wildman–Crippen MR) is 55.6 cm³/mol. The monoisotopic (exact) mass is 174 g/mol. The fourth-order valence-corrected chi connectivity index (χ4v) is 1.57. The third-order valence-corrected chi connectivity index (χ3v) is 2.38. The van der Waals surface area contributed by atoms with Gasteiger partial charge in [0, 0.05) is 17.3 Å². The van der Waals surface area contributed by atoms with Crippen molar-refractivity contribution in [3.05, 3.63) is 35.5 Å². The molecular formula is C11H14N2. The van der Waals surface area contributed by atoms with Crippen LogP contribution in [0.2, 0.25) is 0 Å². The summed E-state index contributed by atoms with van der Waals surface area (Å²) in [5, 5.41) is 1.24. The Kier molecular flexibility index (Phi) is 1.85. The first-order valence-corrected chi connectivity index (χ1v) is 4.52. The Hall–Kier alpha value is -1.28. The summed E-state index contributed by atoms with van der Waals surface area (Å²) >= 11 is 0. The highest BCUT2D eigenvalue weighted by molar-refractivity contribution is 5.83. The molecule has 0 unspecified atom stereocenters. The van der Waals surface area contributed by atoms with E-state index in [4.69, 9.17) is 5.73 Å². The summed E-state index contributed by atoms with van der Waals surface area (Å²) < 4.78 is 0. The van der Waals surface area contributed by atoms with Gasteiger partial charge in [0.25, 0.3) is 0 Å². The molecule has 2 nitrogen and oxygen atoms in total. The maximum absolute atomic E-state index is 5.80. The van der Waals surface area contributed by atoms with Crippen molar-refractivity contribution in [2.45, 2.75) is 19.9 Å². The zero-order valence-corrected chi connectivity index (χ0v) is 7.96. The molecule has 1 heterocycles. The second-order valence-corrected chi connectivity index (χ2v) is 3.55. The molecule has 0 aliphatic heterocycles. The van der Waals surface area contributed by atoms with Crippen LogP contribution < -0.4 is 5.73 Å². The molecule has 0 aliphatic rings. The van der Waals surface area contributed by atoms with Gasteiger partial charge < -0.3 is 10.7 Å². The van der Waals surface area contributed by atoms with Crippen LogP contribution in [-0.4, -0.2) is 4.98 Å². The molecule has 0 fully saturated rings. The number of para-hydroxylation sites is 1. The van der Waals surface area contributed by atoms with E-state index in [1.165, 1.54) is 16.5 Å². The van der Waals surface area contributed by atoms with E-state index in [0.29, 0.717) is 0 Å². The van der Waals surface area contributed by atoms with Crippen LogP contribution in [0.5, 0.6) is 0 Å². The van der Waals surface area contributed by atoms with Crippen molar-refractivity contribution >= 4 is 10.9 Å². The van der Waals surface area contributed by atoms with E-state index < -0.39 is 0 Å². The number of aromatic nitrogens is 1. The van der Waals surface area contributed by atoms with Crippen molar-refractivity contribution in [3.63, 3.8) is 0 Å². The van der Waals surface area contributed by atoms with Crippen LogP contribution in [0.25, 0.3) is 10.9 Å². The van der Waals surface area contributed by atoms with Crippen LogP contribution in [0.1, 0.15) is 24.2 Å². The van der Waals surface area contributed by atoms with Crippen LogP contribution in [0, 0.1) is 6.92 Å². The molecule has 1 atom stereocenters. The molecule has 13 heavy (non-hydrogen) atoms. The standard InChI is InChI=1S/C11H14N2/c1-7-4-3-5-9-6-10(8(2)12)13-11(7)9/h3-6,8,13H,12H2,1-2H3/t8-/m1/s1. The molecule has 0 amide bonds. The van der Waals surface area contributed by atoms with Crippen LogP contribution in [0.3, 0.4) is 0 Å². The van der Waals surface area contributed by atoms with Gasteiger partial charge in [-0.2, -0.15) is 0 Å². The normalized spacial score (nSPS) is 13.5. The van der Waals surface area contributed by atoms with Crippen LogP contribution in [-0.2, 0) is 0 Å². The zero-order chi connectivity index (χ0) is 9.42. The highest BCUT2D eigenvalue weighted by Gasteiger charge is 2.04. The van der Waals surface area contributed by atoms with Gasteiger partial charge in [-0.3, -0.25) is 0 Å². The number of nitrogens with one attached hydrogen (secondary N) is 1. The van der Waals surface area contributed by atoms with Gasteiger partial charge in [0.1, 0.15) is 0 Å². The van der Waals surface area contributed by atoms with E-state index in [-0.39, 0.29) is 6.04 Å². The Morgan fingerprint density at radius 1 is 1.38 bits per heavy atom. The maximum Gasteiger partial charge on any atom is 0.0486 e. The summed E-state index contributed by atoms with van der Waals surface area (Å²) in [5.41, 5.74) is 9.37. The number of hydrogen-bond donors (Lipinski definition) is 2. The fourth-order valence-electron chi connectivity index (χ4n) is 1.57. The van der Waals surface area contributed by atoms with Crippen molar-refractivity contribution in [1.29, 1.82) is 0 Å². The van der Waals surface area contributed by atoms with Crippen LogP contribution in [0.4, 0.5) is 0 Å². The average Bonchev–Trinajstić information content (AvgIpc) is 2.49. The summed E-state index contributed by atoms with van der Waals surface area (Å²) in [6.45, 7) is 4.09. The van der Waals surface area contributed by atoms with Crippen molar-refractivity contribution in [1.82, 2.24) is 4.98 Å². The summed E-state index contributed by atoms with van der Waals surface area (Å²) in [6, 6.07) is 8.46. The molecule has 0 aliphatic carbocycles. The second kappa shape index (κ2) is 2.89. The van der Waals surface area contributed by atoms with Gasteiger partial charge in [0.2, 0.25) is 0 Å². The lowest BCUT2D eigenvalue weighted by Gasteiger charge is -1.99. The molecule has 68 valence electrons. The number of H-pyrrole nitrogens is 1. The molecule has 2 rings (SSSR count). The largest absolute Gasteiger partial charge is 0.357 e. The summed E-state index contributed by atoms with van der Waals surface area (Å²) in [6.07, 6.45) is 0. The van der Waals surface area contributed by atoms with E-state index in [2.05, 4.69) is 36.2 Å². The minimum atomic E-state index is 0.0757. The molecule has 0 radical (unpaired) electrons. The minimum absolute atomic E-state index is 0.0757. The van der Waals surface area contributed by atoms with Crippen molar-refractivity contribution in [3.8, 4) is 0 Å². The van der Waals surface area contributed by atoms with Gasteiger partial charge in [-0.25, -0.2) is 0 Å². The number of aryl methyl sites for hydroxylation is 1. The van der Waals surface area contributed by atoms with Gasteiger partial charge >= 0.3 is 0 Å².